The Hall–Kier alpha value is -5.18. The minimum Gasteiger partial charge on any atom is -0.493 e. The first-order valence-electron chi connectivity index (χ1n) is 12.0. The summed E-state index contributed by atoms with van der Waals surface area (Å²) in [6.07, 6.45) is 1.40. The van der Waals surface area contributed by atoms with Crippen LogP contribution in [0.1, 0.15) is 31.8 Å². The number of nitrogens with zero attached hydrogens (tertiary/aromatic N) is 1. The lowest BCUT2D eigenvalue weighted by Crippen LogP contribution is -2.34. The van der Waals surface area contributed by atoms with E-state index in [0.717, 1.165) is 16.3 Å². The van der Waals surface area contributed by atoms with Gasteiger partial charge >= 0.3 is 5.97 Å². The van der Waals surface area contributed by atoms with Gasteiger partial charge in [-0.05, 0) is 54.1 Å². The molecule has 9 nitrogen and oxygen atoms in total. The van der Waals surface area contributed by atoms with Gasteiger partial charge in [-0.2, -0.15) is 5.10 Å². The molecule has 0 saturated heterocycles. The molecule has 0 unspecified atom stereocenters. The van der Waals surface area contributed by atoms with Crippen molar-refractivity contribution in [3.05, 3.63) is 101 Å². The smallest absolute Gasteiger partial charge is 0.343 e. The van der Waals surface area contributed by atoms with Gasteiger partial charge in [0.15, 0.2) is 11.5 Å². The Kier molecular flexibility index (Phi) is 8.53. The van der Waals surface area contributed by atoms with Crippen molar-refractivity contribution in [3.8, 4) is 17.2 Å². The predicted molar refractivity (Wildman–Crippen MR) is 148 cm³/mol. The molecule has 0 radical (unpaired) electrons. The lowest BCUT2D eigenvalue weighted by molar-refractivity contribution is -0.120. The quantitative estimate of drug-likeness (QED) is 0.146. The molecule has 0 aromatic heterocycles. The Morgan fingerprint density at radius 3 is 2.36 bits per heavy atom. The van der Waals surface area contributed by atoms with Crippen LogP contribution in [0.25, 0.3) is 10.8 Å². The summed E-state index contributed by atoms with van der Waals surface area (Å²) in [6.45, 7) is 1.62. The number of carbonyl (C=O) groups is 3. The van der Waals surface area contributed by atoms with Crippen LogP contribution < -0.4 is 25.0 Å². The minimum atomic E-state index is -0.608. The molecule has 0 aliphatic rings. The monoisotopic (exact) mass is 525 g/mol. The molecule has 0 aliphatic carbocycles. The summed E-state index contributed by atoms with van der Waals surface area (Å²) in [5, 5.41) is 8.26. The standard InChI is InChI=1S/C30H27N3O6/c1-19-7-6-9-21(15-19)29(35)31-18-28(34)33-32-17-24-23-10-5-4-8-20(23)11-13-25(24)39-30(36)22-12-14-26(37-2)27(16-22)38-3/h4-17H,18H2,1-3H3,(H,31,35)(H,33,34). The number of carbonyl (C=O) groups excluding carboxylic acids is 3. The van der Waals surface area contributed by atoms with E-state index in [-0.39, 0.29) is 23.8 Å². The number of aryl methyl sites for hydroxylation is 1. The van der Waals surface area contributed by atoms with E-state index in [2.05, 4.69) is 15.8 Å². The molecule has 0 bridgehead atoms. The normalized spacial score (nSPS) is 10.7. The van der Waals surface area contributed by atoms with Crippen molar-refractivity contribution >= 4 is 34.8 Å². The number of amides is 2. The highest BCUT2D eigenvalue weighted by molar-refractivity contribution is 6.04. The Balaban J connectivity index is 1.49. The second-order valence-corrected chi connectivity index (χ2v) is 8.50. The number of benzene rings is 4. The van der Waals surface area contributed by atoms with Crippen LogP contribution in [-0.4, -0.2) is 44.8 Å². The Bertz CT molecular complexity index is 1560. The van der Waals surface area contributed by atoms with Crippen LogP contribution in [0.2, 0.25) is 0 Å². The molecule has 2 N–H and O–H groups in total. The van der Waals surface area contributed by atoms with E-state index >= 15 is 0 Å². The van der Waals surface area contributed by atoms with Crippen LogP contribution in [0.3, 0.4) is 0 Å². The molecule has 4 rings (SSSR count). The summed E-state index contributed by atoms with van der Waals surface area (Å²) in [6, 6.07) is 22.8. The molecule has 2 amide bonds. The van der Waals surface area contributed by atoms with E-state index in [0.29, 0.717) is 22.6 Å². The second-order valence-electron chi connectivity index (χ2n) is 8.50. The third-order valence-electron chi connectivity index (χ3n) is 5.83. The molecule has 0 spiro atoms. The number of nitrogens with one attached hydrogen (secondary N) is 2. The highest BCUT2D eigenvalue weighted by atomic mass is 16.5. The number of esters is 1. The predicted octanol–water partition coefficient (Wildman–Crippen LogP) is 4.26. The van der Waals surface area contributed by atoms with Crippen LogP contribution in [-0.2, 0) is 4.79 Å². The van der Waals surface area contributed by atoms with Crippen molar-refractivity contribution in [1.29, 1.82) is 0 Å². The van der Waals surface area contributed by atoms with E-state index in [1.165, 1.54) is 26.5 Å². The third kappa shape index (κ3) is 6.58. The van der Waals surface area contributed by atoms with E-state index in [1.807, 2.05) is 43.3 Å². The van der Waals surface area contributed by atoms with Crippen molar-refractivity contribution in [2.24, 2.45) is 5.10 Å². The van der Waals surface area contributed by atoms with Gasteiger partial charge in [-0.1, -0.05) is 48.0 Å². The molecule has 198 valence electrons. The number of hydrogen-bond donors (Lipinski definition) is 2. The Morgan fingerprint density at radius 1 is 0.821 bits per heavy atom. The molecule has 0 saturated carbocycles. The lowest BCUT2D eigenvalue weighted by Gasteiger charge is -2.12. The average Bonchev–Trinajstić information content (AvgIpc) is 2.96. The molecular formula is C30H27N3O6. The fraction of sp³-hybridized carbons (Fsp3) is 0.133. The maximum atomic E-state index is 13.0. The van der Waals surface area contributed by atoms with E-state index in [1.54, 1.807) is 36.4 Å². The zero-order valence-electron chi connectivity index (χ0n) is 21.7. The summed E-state index contributed by atoms with van der Waals surface area (Å²) in [5.74, 6) is -0.363. The maximum Gasteiger partial charge on any atom is 0.343 e. The highest BCUT2D eigenvalue weighted by Gasteiger charge is 2.16. The molecule has 0 heterocycles. The average molecular weight is 526 g/mol. The van der Waals surface area contributed by atoms with Gasteiger partial charge in [0.1, 0.15) is 5.75 Å². The van der Waals surface area contributed by atoms with E-state index < -0.39 is 11.9 Å². The van der Waals surface area contributed by atoms with Crippen molar-refractivity contribution in [2.75, 3.05) is 20.8 Å². The van der Waals surface area contributed by atoms with Gasteiger partial charge in [0.2, 0.25) is 0 Å². The summed E-state index contributed by atoms with van der Waals surface area (Å²) in [5.41, 5.74) is 4.56. The Morgan fingerprint density at radius 2 is 1.59 bits per heavy atom. The van der Waals surface area contributed by atoms with Crippen LogP contribution in [0, 0.1) is 6.92 Å². The van der Waals surface area contributed by atoms with Crippen LogP contribution in [0.15, 0.2) is 84.0 Å². The maximum absolute atomic E-state index is 13.0. The largest absolute Gasteiger partial charge is 0.493 e. The van der Waals surface area contributed by atoms with Crippen molar-refractivity contribution < 1.29 is 28.6 Å². The molecule has 9 heteroatoms. The summed E-state index contributed by atoms with van der Waals surface area (Å²) < 4.78 is 16.2. The van der Waals surface area contributed by atoms with Gasteiger partial charge < -0.3 is 19.5 Å². The van der Waals surface area contributed by atoms with Crippen LogP contribution >= 0.6 is 0 Å². The zero-order chi connectivity index (χ0) is 27.8. The van der Waals surface area contributed by atoms with Crippen molar-refractivity contribution in [3.63, 3.8) is 0 Å². The van der Waals surface area contributed by atoms with Crippen LogP contribution in [0.4, 0.5) is 0 Å². The number of fused-ring (bicyclic) bond motifs is 1. The number of ether oxygens (including phenoxy) is 3. The first-order valence-corrected chi connectivity index (χ1v) is 12.0. The van der Waals surface area contributed by atoms with Gasteiger partial charge in [0.25, 0.3) is 11.8 Å². The molecule has 4 aromatic rings. The molecular weight excluding hydrogens is 498 g/mol. The highest BCUT2D eigenvalue weighted by Crippen LogP contribution is 2.30. The fourth-order valence-electron chi connectivity index (χ4n) is 3.88. The molecule has 4 aromatic carbocycles. The molecule has 0 fully saturated rings. The zero-order valence-corrected chi connectivity index (χ0v) is 21.7. The van der Waals surface area contributed by atoms with Crippen molar-refractivity contribution in [2.45, 2.75) is 6.92 Å². The SMILES string of the molecule is COc1ccc(C(=O)Oc2ccc3ccccc3c2C=NNC(=O)CNC(=O)c2cccc(C)c2)cc1OC. The lowest BCUT2D eigenvalue weighted by atomic mass is 10.0. The molecule has 39 heavy (non-hydrogen) atoms. The topological polar surface area (TPSA) is 115 Å². The number of hydrazone groups is 1. The van der Waals surface area contributed by atoms with E-state index in [9.17, 15) is 14.4 Å². The summed E-state index contributed by atoms with van der Waals surface area (Å²) in [4.78, 5) is 37.6. The number of methoxy groups -OCH3 is 2. The van der Waals surface area contributed by atoms with Gasteiger partial charge in [-0.15, -0.1) is 0 Å². The van der Waals surface area contributed by atoms with E-state index in [4.69, 9.17) is 14.2 Å². The summed E-state index contributed by atoms with van der Waals surface area (Å²) in [7, 11) is 2.99. The third-order valence-corrected chi connectivity index (χ3v) is 5.83. The molecule has 0 aliphatic heterocycles. The van der Waals surface area contributed by atoms with Gasteiger partial charge in [-0.25, -0.2) is 10.2 Å². The van der Waals surface area contributed by atoms with Gasteiger partial charge in [0, 0.05) is 11.1 Å². The number of rotatable bonds is 9. The minimum absolute atomic E-state index is 0.249. The number of hydrogen-bond acceptors (Lipinski definition) is 7. The molecule has 0 atom stereocenters. The second kappa shape index (κ2) is 12.4. The summed E-state index contributed by atoms with van der Waals surface area (Å²) >= 11 is 0. The van der Waals surface area contributed by atoms with Crippen LogP contribution in [0.5, 0.6) is 17.2 Å². The van der Waals surface area contributed by atoms with Gasteiger partial charge in [0.05, 0.1) is 32.5 Å². The first kappa shape index (κ1) is 26.9. The first-order chi connectivity index (χ1) is 18.9. The Labute approximate surface area is 225 Å². The van der Waals surface area contributed by atoms with Crippen molar-refractivity contribution in [1.82, 2.24) is 10.7 Å². The van der Waals surface area contributed by atoms with Gasteiger partial charge in [-0.3, -0.25) is 9.59 Å². The fourth-order valence-corrected chi connectivity index (χ4v) is 3.88.